The minimum atomic E-state index is -1.11. The number of nitrogens with zero attached hydrogens (tertiary/aromatic N) is 1. The Kier molecular flexibility index (Phi) is 5.68. The van der Waals surface area contributed by atoms with Crippen molar-refractivity contribution in [1.82, 2.24) is 5.32 Å². The number of hydrogen-bond donors (Lipinski definition) is 1. The largest absolute Gasteiger partial charge is 0.370 e. The van der Waals surface area contributed by atoms with Gasteiger partial charge in [-0.25, -0.2) is 8.78 Å². The van der Waals surface area contributed by atoms with Crippen molar-refractivity contribution in [1.29, 1.82) is 0 Å². The number of hydrogen-bond acceptors (Lipinski definition) is 2. The van der Waals surface area contributed by atoms with Crippen molar-refractivity contribution in [3.63, 3.8) is 0 Å². The van der Waals surface area contributed by atoms with Gasteiger partial charge in [0, 0.05) is 25.3 Å². The van der Waals surface area contributed by atoms with Gasteiger partial charge in [-0.05, 0) is 43.7 Å². The molecule has 1 amide bonds. The highest BCUT2D eigenvalue weighted by Gasteiger charge is 2.14. The number of carbonyl (C=O) groups excluding carboxylic acids is 1. The predicted molar refractivity (Wildman–Crippen MR) is 87.8 cm³/mol. The molecule has 2 aromatic rings. The number of halogens is 2. The number of amides is 1. The minimum Gasteiger partial charge on any atom is -0.370 e. The number of benzene rings is 2. The highest BCUT2D eigenvalue weighted by molar-refractivity contribution is 5.94. The molecule has 23 heavy (non-hydrogen) atoms. The molecule has 5 heteroatoms. The van der Waals surface area contributed by atoms with Crippen LogP contribution in [0.15, 0.2) is 42.5 Å². The molecule has 0 saturated heterocycles. The third-order valence-corrected chi connectivity index (χ3v) is 3.61. The molecule has 0 atom stereocenters. The number of anilines is 1. The Morgan fingerprint density at radius 3 is 2.61 bits per heavy atom. The quantitative estimate of drug-likeness (QED) is 0.884. The van der Waals surface area contributed by atoms with Crippen LogP contribution in [0, 0.1) is 18.6 Å². The summed E-state index contributed by atoms with van der Waals surface area (Å²) in [5, 5.41) is 2.63. The van der Waals surface area contributed by atoms with Gasteiger partial charge in [0.1, 0.15) is 0 Å². The van der Waals surface area contributed by atoms with Gasteiger partial charge in [-0.3, -0.25) is 4.79 Å². The Bertz CT molecular complexity index is 688. The van der Waals surface area contributed by atoms with E-state index < -0.39 is 17.5 Å². The first kappa shape index (κ1) is 16.9. The fourth-order valence-electron chi connectivity index (χ4n) is 2.37. The lowest BCUT2D eigenvalue weighted by Gasteiger charge is -2.23. The van der Waals surface area contributed by atoms with Crippen LogP contribution >= 0.6 is 0 Å². The van der Waals surface area contributed by atoms with Crippen molar-refractivity contribution in [3.05, 3.63) is 65.2 Å². The molecule has 0 spiro atoms. The summed E-state index contributed by atoms with van der Waals surface area (Å²) in [5.41, 5.74) is 1.95. The molecule has 0 aliphatic carbocycles. The van der Waals surface area contributed by atoms with E-state index in [1.165, 1.54) is 12.1 Å². The predicted octanol–water partition coefficient (Wildman–Crippen LogP) is 3.53. The van der Waals surface area contributed by atoms with E-state index in [-0.39, 0.29) is 5.56 Å². The first-order valence-corrected chi connectivity index (χ1v) is 7.56. The lowest BCUT2D eigenvalue weighted by Crippen LogP contribution is -2.35. The van der Waals surface area contributed by atoms with E-state index in [1.807, 2.05) is 32.0 Å². The monoisotopic (exact) mass is 318 g/mol. The lowest BCUT2D eigenvalue weighted by atomic mass is 10.2. The Labute approximate surface area is 134 Å². The Morgan fingerprint density at radius 2 is 1.91 bits per heavy atom. The maximum atomic E-state index is 13.6. The van der Waals surface area contributed by atoms with Crippen LogP contribution in [0.1, 0.15) is 22.8 Å². The standard InChI is InChI=1S/C18H20F2N2O/c1-3-22(14-7-4-6-13(2)12-14)11-10-21-18(23)15-8-5-9-16(19)17(15)20/h4-9,12H,3,10-11H2,1-2H3,(H,21,23). The molecule has 0 heterocycles. The van der Waals surface area contributed by atoms with E-state index in [1.54, 1.807) is 0 Å². The summed E-state index contributed by atoms with van der Waals surface area (Å²) in [5.74, 6) is -2.74. The van der Waals surface area contributed by atoms with Crippen molar-refractivity contribution in [2.45, 2.75) is 13.8 Å². The van der Waals surface area contributed by atoms with Gasteiger partial charge in [-0.2, -0.15) is 0 Å². The van der Waals surface area contributed by atoms with Crippen LogP contribution in [0.2, 0.25) is 0 Å². The van der Waals surface area contributed by atoms with Crippen LogP contribution in [0.5, 0.6) is 0 Å². The van der Waals surface area contributed by atoms with Crippen LogP contribution in [0.25, 0.3) is 0 Å². The van der Waals surface area contributed by atoms with Crippen LogP contribution in [0.3, 0.4) is 0 Å². The topological polar surface area (TPSA) is 32.3 Å². The molecule has 0 aliphatic heterocycles. The van der Waals surface area contributed by atoms with E-state index in [2.05, 4.69) is 16.3 Å². The first-order valence-electron chi connectivity index (χ1n) is 7.56. The van der Waals surface area contributed by atoms with Crippen LogP contribution in [-0.4, -0.2) is 25.5 Å². The molecule has 0 fully saturated rings. The molecule has 0 aliphatic rings. The van der Waals surface area contributed by atoms with Crippen molar-refractivity contribution in [2.75, 3.05) is 24.5 Å². The van der Waals surface area contributed by atoms with Crippen molar-refractivity contribution in [3.8, 4) is 0 Å². The number of carbonyl (C=O) groups is 1. The summed E-state index contributed by atoms with van der Waals surface area (Å²) >= 11 is 0. The molecule has 1 N–H and O–H groups in total. The van der Waals surface area contributed by atoms with Gasteiger partial charge in [-0.1, -0.05) is 18.2 Å². The highest BCUT2D eigenvalue weighted by atomic mass is 19.2. The summed E-state index contributed by atoms with van der Waals surface area (Å²) < 4.78 is 26.7. The summed E-state index contributed by atoms with van der Waals surface area (Å²) in [6, 6.07) is 11.6. The zero-order valence-corrected chi connectivity index (χ0v) is 13.3. The number of rotatable bonds is 6. The fraction of sp³-hybridized carbons (Fsp3) is 0.278. The normalized spacial score (nSPS) is 10.4. The summed E-state index contributed by atoms with van der Waals surface area (Å²) in [6.45, 7) is 5.76. The van der Waals surface area contributed by atoms with Crippen LogP contribution in [0.4, 0.5) is 14.5 Å². The summed E-state index contributed by atoms with van der Waals surface area (Å²) in [6.07, 6.45) is 0. The van der Waals surface area contributed by atoms with Gasteiger partial charge in [0.25, 0.3) is 5.91 Å². The highest BCUT2D eigenvalue weighted by Crippen LogP contribution is 2.15. The van der Waals surface area contributed by atoms with Gasteiger partial charge in [-0.15, -0.1) is 0 Å². The Hall–Kier alpha value is -2.43. The second-order valence-electron chi connectivity index (χ2n) is 5.28. The van der Waals surface area contributed by atoms with Crippen molar-refractivity contribution in [2.24, 2.45) is 0 Å². The van der Waals surface area contributed by atoms with Gasteiger partial charge in [0.15, 0.2) is 11.6 Å². The van der Waals surface area contributed by atoms with E-state index in [0.717, 1.165) is 23.9 Å². The molecule has 122 valence electrons. The smallest absolute Gasteiger partial charge is 0.254 e. The fourth-order valence-corrected chi connectivity index (χ4v) is 2.37. The van der Waals surface area contributed by atoms with Gasteiger partial charge < -0.3 is 10.2 Å². The first-order chi connectivity index (χ1) is 11.0. The maximum Gasteiger partial charge on any atom is 0.254 e. The van der Waals surface area contributed by atoms with E-state index in [9.17, 15) is 13.6 Å². The SMILES string of the molecule is CCN(CCNC(=O)c1cccc(F)c1F)c1cccc(C)c1. The molecular weight excluding hydrogens is 298 g/mol. The lowest BCUT2D eigenvalue weighted by molar-refractivity contribution is 0.0949. The molecule has 3 nitrogen and oxygen atoms in total. The molecule has 0 bridgehead atoms. The maximum absolute atomic E-state index is 13.6. The van der Waals surface area contributed by atoms with Gasteiger partial charge in [0.2, 0.25) is 0 Å². The van der Waals surface area contributed by atoms with E-state index >= 15 is 0 Å². The third kappa shape index (κ3) is 4.28. The number of nitrogens with one attached hydrogen (secondary N) is 1. The van der Waals surface area contributed by atoms with Crippen LogP contribution < -0.4 is 10.2 Å². The second-order valence-corrected chi connectivity index (χ2v) is 5.28. The average molecular weight is 318 g/mol. The zero-order chi connectivity index (χ0) is 16.8. The second kappa shape index (κ2) is 7.72. The molecule has 0 unspecified atom stereocenters. The van der Waals surface area contributed by atoms with E-state index in [4.69, 9.17) is 0 Å². The van der Waals surface area contributed by atoms with Crippen molar-refractivity contribution >= 4 is 11.6 Å². The molecule has 2 aromatic carbocycles. The van der Waals surface area contributed by atoms with Crippen molar-refractivity contribution < 1.29 is 13.6 Å². The van der Waals surface area contributed by atoms with Gasteiger partial charge in [0.05, 0.1) is 5.56 Å². The average Bonchev–Trinajstić information content (AvgIpc) is 2.54. The van der Waals surface area contributed by atoms with Gasteiger partial charge >= 0.3 is 0 Å². The third-order valence-electron chi connectivity index (χ3n) is 3.61. The summed E-state index contributed by atoms with van der Waals surface area (Å²) in [7, 11) is 0. The molecular formula is C18H20F2N2O. The number of aryl methyl sites for hydroxylation is 1. The molecule has 0 saturated carbocycles. The molecule has 2 rings (SSSR count). The minimum absolute atomic E-state index is 0.274. The Morgan fingerprint density at radius 1 is 1.17 bits per heavy atom. The van der Waals surface area contributed by atoms with Crippen LogP contribution in [-0.2, 0) is 0 Å². The zero-order valence-electron chi connectivity index (χ0n) is 13.3. The van der Waals surface area contributed by atoms with E-state index in [0.29, 0.717) is 13.1 Å². The molecule has 0 aromatic heterocycles. The summed E-state index contributed by atoms with van der Waals surface area (Å²) in [4.78, 5) is 14.0. The molecule has 0 radical (unpaired) electrons. The number of likely N-dealkylation sites (N-methyl/N-ethyl adjacent to an activating group) is 1. The Balaban J connectivity index is 1.95.